The Balaban J connectivity index is 1.61. The zero-order valence-electron chi connectivity index (χ0n) is 11.9. The number of nitrogens with zero attached hydrogens (tertiary/aromatic N) is 1. The van der Waals surface area contributed by atoms with Crippen molar-refractivity contribution in [3.05, 3.63) is 65.0 Å². The van der Waals surface area contributed by atoms with Gasteiger partial charge in [-0.25, -0.2) is 0 Å². The third-order valence-electron chi connectivity index (χ3n) is 5.07. The zero-order chi connectivity index (χ0) is 13.4. The van der Waals surface area contributed by atoms with Gasteiger partial charge in [-0.1, -0.05) is 24.3 Å². The maximum absolute atomic E-state index is 4.26. The molecule has 1 heteroatoms. The molecular weight excluding hydrogens is 242 g/mol. The fourth-order valence-corrected chi connectivity index (χ4v) is 4.31. The van der Waals surface area contributed by atoms with Crippen molar-refractivity contribution < 1.29 is 0 Å². The van der Waals surface area contributed by atoms with E-state index in [4.69, 9.17) is 0 Å². The normalized spacial score (nSPS) is 24.2. The second-order valence-corrected chi connectivity index (χ2v) is 6.45. The number of aromatic nitrogens is 1. The molecule has 2 aromatic rings. The molecule has 4 rings (SSSR count). The molecule has 0 fully saturated rings. The number of hydrogen-bond donors (Lipinski definition) is 0. The molecule has 2 aliphatic carbocycles. The summed E-state index contributed by atoms with van der Waals surface area (Å²) in [6.45, 7) is 0. The molecular formula is C19H21N. The fraction of sp³-hybridized carbons (Fsp3) is 0.421. The largest absolute Gasteiger partial charge is 0.264 e. The van der Waals surface area contributed by atoms with Gasteiger partial charge < -0.3 is 0 Å². The van der Waals surface area contributed by atoms with E-state index in [1.54, 1.807) is 16.7 Å². The smallest absolute Gasteiger partial charge is 0.0299 e. The van der Waals surface area contributed by atoms with Crippen LogP contribution in [0.4, 0.5) is 0 Å². The molecule has 0 amide bonds. The van der Waals surface area contributed by atoms with Crippen LogP contribution < -0.4 is 0 Å². The van der Waals surface area contributed by atoms with Crippen LogP contribution >= 0.6 is 0 Å². The topological polar surface area (TPSA) is 12.9 Å². The van der Waals surface area contributed by atoms with Crippen LogP contribution in [0.3, 0.4) is 0 Å². The van der Waals surface area contributed by atoms with Crippen molar-refractivity contribution in [3.63, 3.8) is 0 Å². The quantitative estimate of drug-likeness (QED) is 0.787. The van der Waals surface area contributed by atoms with Gasteiger partial charge in [-0.05, 0) is 78.7 Å². The zero-order valence-corrected chi connectivity index (χ0v) is 11.9. The summed E-state index contributed by atoms with van der Waals surface area (Å²) in [7, 11) is 0. The first-order valence-corrected chi connectivity index (χ1v) is 7.90. The summed E-state index contributed by atoms with van der Waals surface area (Å²) in [5.74, 6) is 1.62. The summed E-state index contributed by atoms with van der Waals surface area (Å²) >= 11 is 0. The Labute approximate surface area is 121 Å². The molecule has 0 saturated heterocycles. The van der Waals surface area contributed by atoms with Crippen LogP contribution in [0, 0.1) is 5.92 Å². The lowest BCUT2D eigenvalue weighted by Gasteiger charge is -2.36. The highest BCUT2D eigenvalue weighted by molar-refractivity contribution is 5.42. The Bertz CT molecular complexity index is 602. The molecule has 0 aliphatic heterocycles. The third kappa shape index (κ3) is 2.15. The Hall–Kier alpha value is -1.63. The predicted molar refractivity (Wildman–Crippen MR) is 81.9 cm³/mol. The van der Waals surface area contributed by atoms with Crippen LogP contribution in [0.1, 0.15) is 47.4 Å². The lowest BCUT2D eigenvalue weighted by molar-refractivity contribution is 0.368. The van der Waals surface area contributed by atoms with Crippen LogP contribution in [-0.2, 0) is 19.3 Å². The van der Waals surface area contributed by atoms with Gasteiger partial charge in [0.25, 0.3) is 0 Å². The van der Waals surface area contributed by atoms with E-state index in [1.807, 2.05) is 12.4 Å². The highest BCUT2D eigenvalue weighted by atomic mass is 14.6. The van der Waals surface area contributed by atoms with Crippen molar-refractivity contribution in [1.29, 1.82) is 0 Å². The van der Waals surface area contributed by atoms with Gasteiger partial charge in [0.1, 0.15) is 0 Å². The minimum absolute atomic E-state index is 0.796. The monoisotopic (exact) mass is 263 g/mol. The molecule has 0 radical (unpaired) electrons. The second kappa shape index (κ2) is 5.05. The molecule has 0 bridgehead atoms. The average molecular weight is 263 g/mol. The van der Waals surface area contributed by atoms with Gasteiger partial charge in [0, 0.05) is 12.4 Å². The van der Waals surface area contributed by atoms with E-state index in [0.29, 0.717) is 0 Å². The maximum atomic E-state index is 4.26. The van der Waals surface area contributed by atoms with Gasteiger partial charge in [-0.15, -0.1) is 0 Å². The number of rotatable bonds is 2. The van der Waals surface area contributed by atoms with Crippen molar-refractivity contribution in [1.82, 2.24) is 4.98 Å². The second-order valence-electron chi connectivity index (χ2n) is 6.45. The van der Waals surface area contributed by atoms with Crippen LogP contribution in [0.25, 0.3) is 0 Å². The summed E-state index contributed by atoms with van der Waals surface area (Å²) in [6.07, 6.45) is 11.8. The van der Waals surface area contributed by atoms with Crippen molar-refractivity contribution in [2.75, 3.05) is 0 Å². The Morgan fingerprint density at radius 1 is 1.10 bits per heavy atom. The molecule has 2 aliphatic rings. The average Bonchev–Trinajstić information content (AvgIpc) is 2.49. The van der Waals surface area contributed by atoms with E-state index in [9.17, 15) is 0 Å². The van der Waals surface area contributed by atoms with Crippen LogP contribution in [-0.4, -0.2) is 4.98 Å². The fourth-order valence-electron chi connectivity index (χ4n) is 4.31. The van der Waals surface area contributed by atoms with E-state index in [0.717, 1.165) is 11.8 Å². The summed E-state index contributed by atoms with van der Waals surface area (Å²) in [4.78, 5) is 4.26. The lowest BCUT2D eigenvalue weighted by atomic mass is 9.69. The summed E-state index contributed by atoms with van der Waals surface area (Å²) in [5.41, 5.74) is 6.39. The molecule has 102 valence electrons. The number of benzene rings is 1. The van der Waals surface area contributed by atoms with Gasteiger partial charge in [0.15, 0.2) is 0 Å². The molecule has 0 saturated carbocycles. The molecule has 2 atom stereocenters. The third-order valence-corrected chi connectivity index (χ3v) is 5.07. The maximum Gasteiger partial charge on any atom is 0.0299 e. The molecule has 0 N–H and O–H groups in total. The minimum atomic E-state index is 0.796. The van der Waals surface area contributed by atoms with Gasteiger partial charge in [-0.3, -0.25) is 4.98 Å². The van der Waals surface area contributed by atoms with E-state index >= 15 is 0 Å². The standard InChI is InChI=1S/C19H21N/c1-5-16-6-2-8-18-12-15(11-17(7-1)19(16)18)10-14-4-3-9-20-13-14/h1,3-5,7,9,13,15,18H,2,6,8,10-12H2. The van der Waals surface area contributed by atoms with Crippen molar-refractivity contribution >= 4 is 0 Å². The van der Waals surface area contributed by atoms with Crippen molar-refractivity contribution in [2.24, 2.45) is 5.92 Å². The first-order valence-electron chi connectivity index (χ1n) is 7.90. The molecule has 20 heavy (non-hydrogen) atoms. The Morgan fingerprint density at radius 2 is 2.05 bits per heavy atom. The molecule has 1 nitrogen and oxygen atoms in total. The molecule has 1 aromatic heterocycles. The summed E-state index contributed by atoms with van der Waals surface area (Å²) < 4.78 is 0. The summed E-state index contributed by atoms with van der Waals surface area (Å²) in [5, 5.41) is 0. The predicted octanol–water partition coefficient (Wildman–Crippen LogP) is 4.31. The van der Waals surface area contributed by atoms with E-state index in [1.165, 1.54) is 44.1 Å². The molecule has 0 spiro atoms. The van der Waals surface area contributed by atoms with Crippen molar-refractivity contribution in [2.45, 2.75) is 44.4 Å². The number of hydrogen-bond acceptors (Lipinski definition) is 1. The number of aryl methyl sites for hydroxylation is 1. The Kier molecular flexibility index (Phi) is 3.06. The van der Waals surface area contributed by atoms with Gasteiger partial charge in [0.2, 0.25) is 0 Å². The van der Waals surface area contributed by atoms with Crippen LogP contribution in [0.2, 0.25) is 0 Å². The number of pyridine rings is 1. The van der Waals surface area contributed by atoms with E-state index in [-0.39, 0.29) is 0 Å². The SMILES string of the molecule is c1cncc(CC2Cc3cccc4c3C(CCC4)C2)c1. The highest BCUT2D eigenvalue weighted by Crippen LogP contribution is 2.43. The molecule has 1 heterocycles. The van der Waals surface area contributed by atoms with Crippen LogP contribution in [0.5, 0.6) is 0 Å². The van der Waals surface area contributed by atoms with Gasteiger partial charge in [0.05, 0.1) is 0 Å². The van der Waals surface area contributed by atoms with Gasteiger partial charge >= 0.3 is 0 Å². The van der Waals surface area contributed by atoms with E-state index in [2.05, 4.69) is 35.3 Å². The minimum Gasteiger partial charge on any atom is -0.264 e. The van der Waals surface area contributed by atoms with Gasteiger partial charge in [-0.2, -0.15) is 0 Å². The van der Waals surface area contributed by atoms with E-state index < -0.39 is 0 Å². The van der Waals surface area contributed by atoms with Crippen molar-refractivity contribution in [3.8, 4) is 0 Å². The first kappa shape index (κ1) is 12.1. The highest BCUT2D eigenvalue weighted by Gasteiger charge is 2.30. The first-order chi connectivity index (χ1) is 9.90. The Morgan fingerprint density at radius 3 is 2.95 bits per heavy atom. The summed E-state index contributed by atoms with van der Waals surface area (Å²) in [6, 6.07) is 11.3. The molecule has 2 unspecified atom stereocenters. The molecule has 1 aromatic carbocycles. The van der Waals surface area contributed by atoms with Crippen LogP contribution in [0.15, 0.2) is 42.7 Å². The lowest BCUT2D eigenvalue weighted by Crippen LogP contribution is -2.24.